The molecule has 0 unspecified atom stereocenters. The van der Waals surface area contributed by atoms with E-state index in [1.807, 2.05) is 0 Å². The molecule has 0 aliphatic rings. The van der Waals surface area contributed by atoms with E-state index in [2.05, 4.69) is 20.1 Å². The molecule has 10 nitrogen and oxygen atoms in total. The summed E-state index contributed by atoms with van der Waals surface area (Å²) in [5.41, 5.74) is 0.765. The molecule has 0 aromatic heterocycles. The van der Waals surface area contributed by atoms with Gasteiger partial charge in [0.25, 0.3) is 11.8 Å². The number of carbonyl (C=O) groups is 4. The van der Waals surface area contributed by atoms with Gasteiger partial charge in [-0.25, -0.2) is 9.59 Å². The van der Waals surface area contributed by atoms with Crippen LogP contribution in [-0.4, -0.2) is 52.2 Å². The molecule has 2 amide bonds. The van der Waals surface area contributed by atoms with Gasteiger partial charge in [0.15, 0.2) is 11.5 Å². The van der Waals surface area contributed by atoms with Crippen molar-refractivity contribution in [2.24, 2.45) is 0 Å². The fourth-order valence-corrected chi connectivity index (χ4v) is 1.79. The first-order chi connectivity index (χ1) is 13.3. The first-order valence-corrected chi connectivity index (χ1v) is 7.74. The lowest BCUT2D eigenvalue weighted by Crippen LogP contribution is -2.18. The van der Waals surface area contributed by atoms with Crippen LogP contribution in [0.15, 0.2) is 47.9 Å². The van der Waals surface area contributed by atoms with Crippen LogP contribution in [0.3, 0.4) is 0 Å². The molecular weight excluding hydrogens is 372 g/mol. The molecule has 10 heteroatoms. The SMILES string of the molecule is COC(=O)/C=C(\OC)C(=O)Nc1ccc(NC(=O)/C(=C/C(=O)OC)OC)cc1. The van der Waals surface area contributed by atoms with Gasteiger partial charge >= 0.3 is 11.9 Å². The van der Waals surface area contributed by atoms with Crippen molar-refractivity contribution in [3.8, 4) is 0 Å². The number of hydrogen-bond donors (Lipinski definition) is 2. The fraction of sp³-hybridized carbons (Fsp3) is 0.222. The number of carbonyl (C=O) groups excluding carboxylic acids is 4. The minimum Gasteiger partial charge on any atom is -0.491 e. The number of amides is 2. The van der Waals surface area contributed by atoms with Gasteiger partial charge in [-0.05, 0) is 24.3 Å². The Balaban J connectivity index is 2.80. The molecule has 0 fully saturated rings. The summed E-state index contributed by atoms with van der Waals surface area (Å²) in [6.07, 6.45) is 1.81. The molecule has 0 radical (unpaired) electrons. The molecule has 0 atom stereocenters. The predicted molar refractivity (Wildman–Crippen MR) is 97.9 cm³/mol. The molecule has 0 bridgehead atoms. The topological polar surface area (TPSA) is 129 Å². The molecule has 0 aliphatic heterocycles. The summed E-state index contributed by atoms with van der Waals surface area (Å²) in [6.45, 7) is 0. The molecule has 0 aliphatic carbocycles. The van der Waals surface area contributed by atoms with Crippen molar-refractivity contribution in [3.05, 3.63) is 47.9 Å². The summed E-state index contributed by atoms with van der Waals surface area (Å²) in [5, 5.41) is 5.04. The van der Waals surface area contributed by atoms with E-state index in [-0.39, 0.29) is 11.5 Å². The van der Waals surface area contributed by atoms with Gasteiger partial charge in [-0.1, -0.05) is 0 Å². The molecule has 150 valence electrons. The van der Waals surface area contributed by atoms with Gasteiger partial charge in [-0.15, -0.1) is 0 Å². The second kappa shape index (κ2) is 11.0. The number of hydrogen-bond acceptors (Lipinski definition) is 8. The van der Waals surface area contributed by atoms with Gasteiger partial charge in [0, 0.05) is 11.4 Å². The lowest BCUT2D eigenvalue weighted by atomic mass is 10.2. The van der Waals surface area contributed by atoms with Crippen LogP contribution in [0.2, 0.25) is 0 Å². The summed E-state index contributed by atoms with van der Waals surface area (Å²) in [4.78, 5) is 46.6. The fourth-order valence-electron chi connectivity index (χ4n) is 1.79. The first kappa shape index (κ1) is 22.2. The highest BCUT2D eigenvalue weighted by atomic mass is 16.5. The van der Waals surface area contributed by atoms with E-state index in [1.54, 1.807) is 0 Å². The smallest absolute Gasteiger partial charge is 0.334 e. The molecular formula is C18H20N2O8. The Morgan fingerprint density at radius 1 is 0.643 bits per heavy atom. The van der Waals surface area contributed by atoms with Crippen molar-refractivity contribution in [1.29, 1.82) is 0 Å². The number of rotatable bonds is 8. The van der Waals surface area contributed by atoms with Crippen LogP contribution in [0.25, 0.3) is 0 Å². The van der Waals surface area contributed by atoms with E-state index in [0.29, 0.717) is 11.4 Å². The van der Waals surface area contributed by atoms with E-state index in [9.17, 15) is 19.2 Å². The van der Waals surface area contributed by atoms with Crippen LogP contribution in [0.1, 0.15) is 0 Å². The van der Waals surface area contributed by atoms with E-state index in [1.165, 1.54) is 52.7 Å². The summed E-state index contributed by atoms with van der Waals surface area (Å²) in [7, 11) is 4.82. The number of esters is 2. The number of anilines is 2. The minimum atomic E-state index is -0.737. The van der Waals surface area contributed by atoms with E-state index in [4.69, 9.17) is 9.47 Å². The third-order valence-electron chi connectivity index (χ3n) is 3.19. The van der Waals surface area contributed by atoms with Crippen molar-refractivity contribution in [2.45, 2.75) is 0 Å². The summed E-state index contributed by atoms with van der Waals surface area (Å²) in [5.74, 6) is -3.26. The van der Waals surface area contributed by atoms with Crippen LogP contribution in [0, 0.1) is 0 Å². The van der Waals surface area contributed by atoms with Crippen molar-refractivity contribution in [2.75, 3.05) is 39.1 Å². The van der Waals surface area contributed by atoms with Crippen LogP contribution >= 0.6 is 0 Å². The molecule has 0 heterocycles. The quantitative estimate of drug-likeness (QED) is 0.380. The minimum absolute atomic E-state index is 0.234. The molecule has 0 spiro atoms. The zero-order valence-electron chi connectivity index (χ0n) is 15.7. The van der Waals surface area contributed by atoms with Gasteiger partial charge in [-0.2, -0.15) is 0 Å². The molecule has 1 aromatic rings. The second-order valence-electron chi connectivity index (χ2n) is 4.96. The Morgan fingerprint density at radius 2 is 0.964 bits per heavy atom. The van der Waals surface area contributed by atoms with Gasteiger partial charge in [0.1, 0.15) is 0 Å². The maximum absolute atomic E-state index is 12.1. The standard InChI is InChI=1S/C18H20N2O8/c1-25-13(9-15(21)27-3)17(23)19-11-5-7-12(8-6-11)20-18(24)14(26-2)10-16(22)28-4/h5-10H,1-4H3,(H,19,23)(H,20,24)/b13-9-,14-10-. The van der Waals surface area contributed by atoms with Gasteiger partial charge < -0.3 is 29.6 Å². The highest BCUT2D eigenvalue weighted by molar-refractivity contribution is 6.06. The maximum Gasteiger partial charge on any atom is 0.334 e. The van der Waals surface area contributed by atoms with Crippen LogP contribution in [0.4, 0.5) is 11.4 Å². The average Bonchev–Trinajstić information content (AvgIpc) is 2.70. The largest absolute Gasteiger partial charge is 0.491 e. The maximum atomic E-state index is 12.1. The second-order valence-corrected chi connectivity index (χ2v) is 4.96. The summed E-state index contributed by atoms with van der Waals surface area (Å²) < 4.78 is 18.6. The molecule has 2 N–H and O–H groups in total. The van der Waals surface area contributed by atoms with Crippen molar-refractivity contribution in [1.82, 2.24) is 0 Å². The van der Waals surface area contributed by atoms with Crippen LogP contribution in [0.5, 0.6) is 0 Å². The Bertz CT molecular complexity index is 729. The Hall–Kier alpha value is -3.82. The van der Waals surface area contributed by atoms with Crippen LogP contribution < -0.4 is 10.6 Å². The summed E-state index contributed by atoms with van der Waals surface area (Å²) in [6, 6.07) is 6.04. The predicted octanol–water partition coefficient (Wildman–Crippen LogP) is 0.970. The Kier molecular flexibility index (Phi) is 8.74. The number of nitrogens with one attached hydrogen (secondary N) is 2. The number of methoxy groups -OCH3 is 4. The van der Waals surface area contributed by atoms with E-state index >= 15 is 0 Å². The van der Waals surface area contributed by atoms with Gasteiger partial charge in [0.05, 0.1) is 40.6 Å². The first-order valence-electron chi connectivity index (χ1n) is 7.74. The summed E-state index contributed by atoms with van der Waals surface area (Å²) >= 11 is 0. The Labute approximate surface area is 161 Å². The molecule has 28 heavy (non-hydrogen) atoms. The average molecular weight is 392 g/mol. The third kappa shape index (κ3) is 6.83. The third-order valence-corrected chi connectivity index (χ3v) is 3.19. The number of ether oxygens (including phenoxy) is 4. The van der Waals surface area contributed by atoms with Gasteiger partial charge in [0.2, 0.25) is 0 Å². The number of benzene rings is 1. The highest BCUT2D eigenvalue weighted by Gasteiger charge is 2.14. The monoisotopic (exact) mass is 392 g/mol. The van der Waals surface area contributed by atoms with Gasteiger partial charge in [-0.3, -0.25) is 9.59 Å². The van der Waals surface area contributed by atoms with E-state index < -0.39 is 23.8 Å². The zero-order chi connectivity index (χ0) is 21.1. The highest BCUT2D eigenvalue weighted by Crippen LogP contribution is 2.15. The lowest BCUT2D eigenvalue weighted by Gasteiger charge is -2.10. The van der Waals surface area contributed by atoms with Crippen LogP contribution in [-0.2, 0) is 38.1 Å². The Morgan fingerprint density at radius 3 is 1.21 bits per heavy atom. The van der Waals surface area contributed by atoms with Crippen molar-refractivity contribution in [3.63, 3.8) is 0 Å². The normalized spacial score (nSPS) is 11.1. The molecule has 0 saturated carbocycles. The van der Waals surface area contributed by atoms with Crippen molar-refractivity contribution >= 4 is 35.1 Å². The zero-order valence-corrected chi connectivity index (χ0v) is 15.7. The molecule has 1 rings (SSSR count). The van der Waals surface area contributed by atoms with E-state index in [0.717, 1.165) is 12.2 Å². The molecule has 1 aromatic carbocycles. The lowest BCUT2D eigenvalue weighted by molar-refractivity contribution is -0.136. The van der Waals surface area contributed by atoms with Crippen molar-refractivity contribution < 1.29 is 38.1 Å². The molecule has 0 saturated heterocycles.